The lowest BCUT2D eigenvalue weighted by Gasteiger charge is -2.31. The van der Waals surface area contributed by atoms with E-state index < -0.39 is 57.9 Å². The van der Waals surface area contributed by atoms with Gasteiger partial charge in [0.15, 0.2) is 0 Å². The smallest absolute Gasteiger partial charge is 0.416 e. The van der Waals surface area contributed by atoms with Crippen molar-refractivity contribution < 1.29 is 42.0 Å². The molecule has 3 aromatic rings. The number of likely N-dealkylation sites (tertiary alicyclic amines) is 1. The van der Waals surface area contributed by atoms with Gasteiger partial charge in [-0.2, -0.15) is 13.2 Å². The van der Waals surface area contributed by atoms with Crippen LogP contribution >= 0.6 is 0 Å². The highest BCUT2D eigenvalue weighted by atomic mass is 19.4. The highest BCUT2D eigenvalue weighted by Gasteiger charge is 2.68. The minimum Gasteiger partial charge on any atom is -0.480 e. The second-order valence-corrected chi connectivity index (χ2v) is 9.47. The number of hydrogen-bond donors (Lipinski definition) is 2. The van der Waals surface area contributed by atoms with Gasteiger partial charge in [0.25, 0.3) is 5.69 Å². The van der Waals surface area contributed by atoms with Crippen molar-refractivity contribution >= 4 is 23.5 Å². The van der Waals surface area contributed by atoms with Crippen LogP contribution in [0, 0.1) is 22.0 Å². The van der Waals surface area contributed by atoms with E-state index in [0.717, 1.165) is 23.1 Å². The Labute approximate surface area is 218 Å². The molecule has 39 heavy (non-hydrogen) atoms. The monoisotopic (exact) mass is 543 g/mol. The molecule has 4 atom stereocenters. The Kier molecular flexibility index (Phi) is 6.25. The van der Waals surface area contributed by atoms with E-state index in [2.05, 4.69) is 5.32 Å². The number of nitrogens with one attached hydrogen (secondary N) is 1. The molecule has 13 heteroatoms. The topological polar surface area (TPSA) is 143 Å². The number of fused-ring (bicyclic) bond motifs is 1. The molecule has 2 aromatic carbocycles. The van der Waals surface area contributed by atoms with Crippen LogP contribution in [0.15, 0.2) is 71.3 Å². The number of aliphatic carboxylic acids is 1. The molecule has 0 radical (unpaired) electrons. The molecule has 1 aromatic heterocycles. The number of nitro groups is 1. The van der Waals surface area contributed by atoms with Crippen LogP contribution in [0.25, 0.3) is 0 Å². The van der Waals surface area contributed by atoms with Crippen molar-refractivity contribution in [3.8, 4) is 0 Å². The summed E-state index contributed by atoms with van der Waals surface area (Å²) in [6.07, 6.45) is -3.73. The maximum Gasteiger partial charge on any atom is 0.416 e. The molecule has 0 saturated carbocycles. The van der Waals surface area contributed by atoms with Gasteiger partial charge in [-0.15, -0.1) is 0 Å². The number of carboxylic acid groups (broad SMARTS) is 1. The molecule has 0 bridgehead atoms. The summed E-state index contributed by atoms with van der Waals surface area (Å²) in [4.78, 5) is 51.4. The van der Waals surface area contributed by atoms with E-state index in [1.54, 1.807) is 6.07 Å². The van der Waals surface area contributed by atoms with Crippen molar-refractivity contribution in [2.75, 3.05) is 0 Å². The quantitative estimate of drug-likeness (QED) is 0.261. The first-order chi connectivity index (χ1) is 18.4. The van der Waals surface area contributed by atoms with Gasteiger partial charge in [-0.05, 0) is 35.4 Å². The van der Waals surface area contributed by atoms with Crippen LogP contribution < -0.4 is 5.32 Å². The zero-order valence-electron chi connectivity index (χ0n) is 19.9. The lowest BCUT2D eigenvalue weighted by molar-refractivity contribution is -0.384. The largest absolute Gasteiger partial charge is 0.480 e. The Bertz CT molecular complexity index is 1460. The summed E-state index contributed by atoms with van der Waals surface area (Å²) in [5.41, 5.74) is -3.04. The van der Waals surface area contributed by atoms with Gasteiger partial charge in [-0.1, -0.05) is 24.3 Å². The predicted octanol–water partition coefficient (Wildman–Crippen LogP) is 3.72. The normalized spacial score (nSPS) is 24.7. The van der Waals surface area contributed by atoms with Gasteiger partial charge < -0.3 is 9.52 Å². The van der Waals surface area contributed by atoms with Crippen molar-refractivity contribution in [1.82, 2.24) is 10.2 Å². The standard InChI is InChI=1S/C26H20F3N3O7/c27-26(28,29)16-4-1-3-15(11-16)21-19-20(23(34)31(22(19)33)13-18-5-2-10-39-18)25(30-21,24(35)36)12-14-6-8-17(9-7-14)32(37)38/h1-11,19-21,30H,12-13H2,(H,35,36). The number of imide groups is 1. The molecule has 4 unspecified atom stereocenters. The Hall–Kier alpha value is -4.52. The molecule has 2 N–H and O–H groups in total. The van der Waals surface area contributed by atoms with Crippen molar-refractivity contribution in [3.05, 3.63) is 99.5 Å². The van der Waals surface area contributed by atoms with Crippen molar-refractivity contribution in [2.24, 2.45) is 11.8 Å². The Morgan fingerprint density at radius 3 is 2.41 bits per heavy atom. The van der Waals surface area contributed by atoms with E-state index >= 15 is 0 Å². The molecule has 202 valence electrons. The molecule has 10 nitrogen and oxygen atoms in total. The van der Waals surface area contributed by atoms with E-state index in [1.807, 2.05) is 0 Å². The second-order valence-electron chi connectivity index (χ2n) is 9.47. The minimum atomic E-state index is -4.70. The number of halogens is 3. The van der Waals surface area contributed by atoms with E-state index in [9.17, 15) is 42.8 Å². The third-order valence-electron chi connectivity index (χ3n) is 7.22. The molecular weight excluding hydrogens is 523 g/mol. The number of hydrogen-bond acceptors (Lipinski definition) is 7. The molecular formula is C26H20F3N3O7. The second kappa shape index (κ2) is 9.34. The number of benzene rings is 2. The molecule has 2 amide bonds. The number of carbonyl (C=O) groups is 3. The number of non-ortho nitro benzene ring substituents is 1. The molecule has 3 heterocycles. The molecule has 5 rings (SSSR count). The first kappa shape index (κ1) is 26.1. The summed E-state index contributed by atoms with van der Waals surface area (Å²) in [5.74, 6) is -5.60. The van der Waals surface area contributed by atoms with Crippen LogP contribution in [0.1, 0.15) is 28.5 Å². The average Bonchev–Trinajstić information content (AvgIpc) is 3.58. The third-order valence-corrected chi connectivity index (χ3v) is 7.22. The van der Waals surface area contributed by atoms with E-state index in [0.29, 0.717) is 5.56 Å². The summed E-state index contributed by atoms with van der Waals surface area (Å²) in [6, 6.07) is 11.0. The van der Waals surface area contributed by atoms with Gasteiger partial charge in [0.2, 0.25) is 11.8 Å². The van der Waals surface area contributed by atoms with Crippen LogP contribution in [0.5, 0.6) is 0 Å². The summed E-state index contributed by atoms with van der Waals surface area (Å²) < 4.78 is 45.7. The molecule has 2 aliphatic rings. The Morgan fingerprint density at radius 1 is 1.10 bits per heavy atom. The lowest BCUT2D eigenvalue weighted by atomic mass is 9.76. The lowest BCUT2D eigenvalue weighted by Crippen LogP contribution is -2.57. The highest BCUT2D eigenvalue weighted by molar-refractivity contribution is 6.09. The zero-order chi connectivity index (χ0) is 28.1. The fraction of sp³-hybridized carbons (Fsp3) is 0.269. The number of nitro benzene ring substituents is 1. The summed E-state index contributed by atoms with van der Waals surface area (Å²) >= 11 is 0. The summed E-state index contributed by atoms with van der Waals surface area (Å²) in [6.45, 7) is -0.278. The summed E-state index contributed by atoms with van der Waals surface area (Å²) in [5, 5.41) is 24.3. The fourth-order valence-corrected chi connectivity index (χ4v) is 5.46. The van der Waals surface area contributed by atoms with Crippen LogP contribution in [-0.4, -0.2) is 38.3 Å². The first-order valence-electron chi connectivity index (χ1n) is 11.7. The van der Waals surface area contributed by atoms with Crippen LogP contribution in [0.3, 0.4) is 0 Å². The number of nitrogens with zero attached hydrogens (tertiary/aromatic N) is 2. The van der Waals surface area contributed by atoms with Gasteiger partial charge in [-0.3, -0.25) is 34.7 Å². The van der Waals surface area contributed by atoms with E-state index in [1.165, 1.54) is 42.7 Å². The summed E-state index contributed by atoms with van der Waals surface area (Å²) in [7, 11) is 0. The predicted molar refractivity (Wildman–Crippen MR) is 126 cm³/mol. The van der Waals surface area contributed by atoms with Gasteiger partial charge in [0, 0.05) is 24.6 Å². The van der Waals surface area contributed by atoms with Gasteiger partial charge in [0.1, 0.15) is 11.3 Å². The molecule has 2 fully saturated rings. The number of carboxylic acids is 1. The van der Waals surface area contributed by atoms with Crippen molar-refractivity contribution in [1.29, 1.82) is 0 Å². The number of furan rings is 1. The van der Waals surface area contributed by atoms with E-state index in [-0.39, 0.29) is 30.0 Å². The highest BCUT2D eigenvalue weighted by Crippen LogP contribution is 2.50. The first-order valence-corrected chi connectivity index (χ1v) is 11.7. The Balaban J connectivity index is 1.61. The molecule has 2 aliphatic heterocycles. The van der Waals surface area contributed by atoms with Crippen LogP contribution in [0.2, 0.25) is 0 Å². The van der Waals surface area contributed by atoms with Gasteiger partial charge >= 0.3 is 12.1 Å². The Morgan fingerprint density at radius 2 is 1.82 bits per heavy atom. The average molecular weight is 543 g/mol. The molecule has 0 aliphatic carbocycles. The SMILES string of the molecule is O=C1C2C(c3cccc(C(F)(F)F)c3)NC(Cc3ccc([N+](=O)[O-])cc3)(C(=O)O)C2C(=O)N1Cc1ccco1. The van der Waals surface area contributed by atoms with Gasteiger partial charge in [-0.25, -0.2) is 0 Å². The van der Waals surface area contributed by atoms with Gasteiger partial charge in [0.05, 0.1) is 35.1 Å². The number of rotatable bonds is 7. The fourth-order valence-electron chi connectivity index (χ4n) is 5.46. The minimum absolute atomic E-state index is 0.00681. The maximum atomic E-state index is 13.7. The number of carbonyl (C=O) groups excluding carboxylic acids is 2. The molecule has 0 spiro atoms. The number of alkyl halides is 3. The van der Waals surface area contributed by atoms with Crippen molar-refractivity contribution in [3.63, 3.8) is 0 Å². The maximum absolute atomic E-state index is 13.7. The number of amides is 2. The van der Waals surface area contributed by atoms with Crippen LogP contribution in [0.4, 0.5) is 18.9 Å². The van der Waals surface area contributed by atoms with Crippen LogP contribution in [-0.2, 0) is 33.5 Å². The molecule has 2 saturated heterocycles. The van der Waals surface area contributed by atoms with E-state index in [4.69, 9.17) is 4.42 Å². The zero-order valence-corrected chi connectivity index (χ0v) is 19.9. The van der Waals surface area contributed by atoms with Crippen molar-refractivity contribution in [2.45, 2.75) is 30.7 Å². The third kappa shape index (κ3) is 4.44.